The van der Waals surface area contributed by atoms with E-state index in [-0.39, 0.29) is 11.8 Å². The monoisotopic (exact) mass is 250 g/mol. The van der Waals surface area contributed by atoms with E-state index < -0.39 is 0 Å². The van der Waals surface area contributed by atoms with Gasteiger partial charge in [-0.3, -0.25) is 0 Å². The Bertz CT molecular complexity index is 546. The predicted molar refractivity (Wildman–Crippen MR) is 69.5 cm³/mol. The highest BCUT2D eigenvalue weighted by Gasteiger charge is 2.18. The maximum absolute atomic E-state index is 9.82. The van der Waals surface area contributed by atoms with E-state index in [9.17, 15) is 5.11 Å². The summed E-state index contributed by atoms with van der Waals surface area (Å²) in [4.78, 5) is 4.43. The summed E-state index contributed by atoms with van der Waals surface area (Å²) < 4.78 is 1.95. The first-order valence-electron chi connectivity index (χ1n) is 5.55. The highest BCUT2D eigenvalue weighted by molar-refractivity contribution is 6.32. The highest BCUT2D eigenvalue weighted by atomic mass is 35.5. The van der Waals surface area contributed by atoms with Crippen LogP contribution in [0.2, 0.25) is 5.15 Å². The normalized spacial score (nSPS) is 11.1. The van der Waals surface area contributed by atoms with Crippen LogP contribution in [0.4, 0.5) is 0 Å². The Morgan fingerprint density at radius 1 is 1.29 bits per heavy atom. The third-order valence-electron chi connectivity index (χ3n) is 2.70. The maximum atomic E-state index is 9.82. The molecular formula is C13H15ClN2O. The van der Waals surface area contributed by atoms with Gasteiger partial charge in [-0.25, -0.2) is 4.98 Å². The average molecular weight is 251 g/mol. The summed E-state index contributed by atoms with van der Waals surface area (Å²) in [5, 5.41) is 10.4. The van der Waals surface area contributed by atoms with Crippen LogP contribution in [0, 0.1) is 6.92 Å². The molecule has 0 atom stereocenters. The van der Waals surface area contributed by atoms with E-state index in [4.69, 9.17) is 11.6 Å². The minimum Gasteiger partial charge on any atom is -0.507 e. The number of nitrogens with zero attached hydrogens (tertiary/aromatic N) is 2. The van der Waals surface area contributed by atoms with Gasteiger partial charge < -0.3 is 9.67 Å². The topological polar surface area (TPSA) is 38.1 Å². The molecule has 2 rings (SSSR count). The maximum Gasteiger partial charge on any atom is 0.137 e. The molecule has 0 bridgehead atoms. The number of hydrogen-bond donors (Lipinski definition) is 1. The summed E-state index contributed by atoms with van der Waals surface area (Å²) in [6.07, 6.45) is 0. The fraction of sp³-hybridized carbons (Fsp3) is 0.308. The summed E-state index contributed by atoms with van der Waals surface area (Å²) in [6.45, 7) is 6.01. The molecule has 0 saturated heterocycles. The van der Waals surface area contributed by atoms with Crippen LogP contribution < -0.4 is 0 Å². The second-order valence-corrected chi connectivity index (χ2v) is 4.64. The van der Waals surface area contributed by atoms with Crippen LogP contribution in [0.3, 0.4) is 0 Å². The first-order valence-corrected chi connectivity index (χ1v) is 5.93. The molecule has 0 saturated carbocycles. The first-order chi connectivity index (χ1) is 8.02. The van der Waals surface area contributed by atoms with Crippen LogP contribution in [0.15, 0.2) is 24.3 Å². The van der Waals surface area contributed by atoms with Gasteiger partial charge in [0.25, 0.3) is 0 Å². The van der Waals surface area contributed by atoms with E-state index in [2.05, 4.69) is 18.8 Å². The number of phenolic OH excluding ortho intramolecular Hbond substituents is 1. The third kappa shape index (κ3) is 2.03. The minimum absolute atomic E-state index is 0.197. The quantitative estimate of drug-likeness (QED) is 0.880. The lowest BCUT2D eigenvalue weighted by Gasteiger charge is -2.10. The van der Waals surface area contributed by atoms with Crippen molar-refractivity contribution in [2.24, 2.45) is 0 Å². The van der Waals surface area contributed by atoms with Gasteiger partial charge in [-0.05, 0) is 32.9 Å². The molecule has 0 fully saturated rings. The summed E-state index contributed by atoms with van der Waals surface area (Å²) in [5.74, 6) is 1.05. The SMILES string of the molecule is Cc1nc(-c2ccccc2O)c(Cl)n1C(C)C. The van der Waals surface area contributed by atoms with Crippen molar-refractivity contribution >= 4 is 11.6 Å². The molecule has 0 amide bonds. The van der Waals surface area contributed by atoms with E-state index in [0.29, 0.717) is 16.4 Å². The standard InChI is InChI=1S/C13H15ClN2O/c1-8(2)16-9(3)15-12(13(16)14)10-6-4-5-7-11(10)17/h4-8,17H,1-3H3. The molecular weight excluding hydrogens is 236 g/mol. The number of hydrogen-bond acceptors (Lipinski definition) is 2. The molecule has 0 aliphatic rings. The number of phenols is 1. The molecule has 1 aromatic heterocycles. The van der Waals surface area contributed by atoms with E-state index in [1.165, 1.54) is 0 Å². The molecule has 0 radical (unpaired) electrons. The molecule has 17 heavy (non-hydrogen) atoms. The van der Waals surface area contributed by atoms with Crippen molar-refractivity contribution in [3.05, 3.63) is 35.2 Å². The van der Waals surface area contributed by atoms with E-state index in [1.807, 2.05) is 23.6 Å². The lowest BCUT2D eigenvalue weighted by atomic mass is 10.1. The fourth-order valence-electron chi connectivity index (χ4n) is 1.96. The Balaban J connectivity index is 2.62. The van der Waals surface area contributed by atoms with Gasteiger partial charge in [-0.1, -0.05) is 23.7 Å². The highest BCUT2D eigenvalue weighted by Crippen LogP contribution is 2.35. The second kappa shape index (κ2) is 4.41. The van der Waals surface area contributed by atoms with Crippen molar-refractivity contribution in [3.8, 4) is 17.0 Å². The molecule has 90 valence electrons. The Morgan fingerprint density at radius 2 is 1.94 bits per heavy atom. The van der Waals surface area contributed by atoms with Crippen molar-refractivity contribution in [2.45, 2.75) is 26.8 Å². The van der Waals surface area contributed by atoms with Gasteiger partial charge in [-0.15, -0.1) is 0 Å². The first kappa shape index (κ1) is 12.0. The van der Waals surface area contributed by atoms with Crippen LogP contribution >= 0.6 is 11.6 Å². The van der Waals surface area contributed by atoms with Gasteiger partial charge in [0, 0.05) is 11.6 Å². The largest absolute Gasteiger partial charge is 0.507 e. The predicted octanol–water partition coefficient (Wildman–Crippen LogP) is 3.80. The number of imidazole rings is 1. The molecule has 1 aromatic carbocycles. The lowest BCUT2D eigenvalue weighted by Crippen LogP contribution is -2.02. The number of aromatic nitrogens is 2. The number of halogens is 1. The van der Waals surface area contributed by atoms with Gasteiger partial charge in [0.05, 0.1) is 0 Å². The molecule has 0 unspecified atom stereocenters. The zero-order valence-corrected chi connectivity index (χ0v) is 10.9. The number of aryl methyl sites for hydroxylation is 1. The molecule has 0 aliphatic heterocycles. The third-order valence-corrected chi connectivity index (χ3v) is 3.07. The smallest absolute Gasteiger partial charge is 0.137 e. The van der Waals surface area contributed by atoms with Gasteiger partial charge in [0.1, 0.15) is 22.4 Å². The zero-order chi connectivity index (χ0) is 12.6. The zero-order valence-electron chi connectivity index (χ0n) is 10.1. The molecule has 3 nitrogen and oxygen atoms in total. The van der Waals surface area contributed by atoms with Gasteiger partial charge in [0.2, 0.25) is 0 Å². The van der Waals surface area contributed by atoms with Crippen LogP contribution in [0.5, 0.6) is 5.75 Å². The number of benzene rings is 1. The van der Waals surface area contributed by atoms with Gasteiger partial charge in [0.15, 0.2) is 0 Å². The summed E-state index contributed by atoms with van der Waals surface area (Å²) in [7, 11) is 0. The molecule has 0 spiro atoms. The molecule has 4 heteroatoms. The number of aromatic hydroxyl groups is 1. The Labute approximate surface area is 106 Å². The van der Waals surface area contributed by atoms with Crippen LogP contribution in [0.1, 0.15) is 25.7 Å². The van der Waals surface area contributed by atoms with Crippen molar-refractivity contribution in [1.29, 1.82) is 0 Å². The van der Waals surface area contributed by atoms with Crippen molar-refractivity contribution < 1.29 is 5.11 Å². The molecule has 0 aliphatic carbocycles. The summed E-state index contributed by atoms with van der Waals surface area (Å²) in [5.41, 5.74) is 1.30. The number of rotatable bonds is 2. The van der Waals surface area contributed by atoms with Crippen molar-refractivity contribution in [1.82, 2.24) is 9.55 Å². The second-order valence-electron chi connectivity index (χ2n) is 4.28. The molecule has 2 aromatic rings. The van der Waals surface area contributed by atoms with Gasteiger partial charge >= 0.3 is 0 Å². The molecule has 1 heterocycles. The van der Waals surface area contributed by atoms with Crippen molar-refractivity contribution in [3.63, 3.8) is 0 Å². The van der Waals surface area contributed by atoms with E-state index in [1.54, 1.807) is 12.1 Å². The minimum atomic E-state index is 0.197. The Hall–Kier alpha value is -1.48. The Kier molecular flexibility index (Phi) is 3.11. The number of para-hydroxylation sites is 1. The van der Waals surface area contributed by atoms with Crippen LogP contribution in [-0.4, -0.2) is 14.7 Å². The summed E-state index contributed by atoms with van der Waals surface area (Å²) in [6, 6.07) is 7.33. The van der Waals surface area contributed by atoms with E-state index >= 15 is 0 Å². The van der Waals surface area contributed by atoms with Crippen LogP contribution in [0.25, 0.3) is 11.3 Å². The van der Waals surface area contributed by atoms with Crippen molar-refractivity contribution in [2.75, 3.05) is 0 Å². The molecule has 1 N–H and O–H groups in total. The van der Waals surface area contributed by atoms with E-state index in [0.717, 1.165) is 5.82 Å². The summed E-state index contributed by atoms with van der Waals surface area (Å²) >= 11 is 6.32. The lowest BCUT2D eigenvalue weighted by molar-refractivity contribution is 0.477. The van der Waals surface area contributed by atoms with Crippen LogP contribution in [-0.2, 0) is 0 Å². The van der Waals surface area contributed by atoms with Gasteiger partial charge in [-0.2, -0.15) is 0 Å². The Morgan fingerprint density at radius 3 is 2.47 bits per heavy atom. The average Bonchev–Trinajstić information content (AvgIpc) is 2.55. The fourth-order valence-corrected chi connectivity index (χ4v) is 2.43.